The molecule has 1 saturated carbocycles. The van der Waals surface area contributed by atoms with Crippen LogP contribution in [-0.4, -0.2) is 23.3 Å². The summed E-state index contributed by atoms with van der Waals surface area (Å²) in [5, 5.41) is 15.1. The molecular formula is C17H33NO. The summed E-state index contributed by atoms with van der Waals surface area (Å²) in [4.78, 5) is 0. The minimum absolute atomic E-state index is 0.321. The van der Waals surface area contributed by atoms with Crippen LogP contribution in [0.3, 0.4) is 0 Å². The molecule has 0 radical (unpaired) electrons. The minimum atomic E-state index is -0.473. The van der Waals surface area contributed by atoms with Crippen LogP contribution in [0.2, 0.25) is 0 Å². The monoisotopic (exact) mass is 267 g/mol. The number of aliphatic hydroxyl groups is 1. The van der Waals surface area contributed by atoms with Gasteiger partial charge in [0, 0.05) is 6.04 Å². The molecule has 2 aliphatic rings. The molecule has 2 N–H and O–H groups in total. The summed E-state index contributed by atoms with van der Waals surface area (Å²) in [6, 6.07) is 0.321. The van der Waals surface area contributed by atoms with Crippen LogP contribution in [-0.2, 0) is 0 Å². The molecule has 2 fully saturated rings. The predicted octanol–water partition coefficient (Wildman–Crippen LogP) is 3.59. The fraction of sp³-hybridized carbons (Fsp3) is 1.00. The molecule has 0 bridgehead atoms. The third-order valence-corrected chi connectivity index (χ3v) is 5.79. The van der Waals surface area contributed by atoms with Crippen LogP contribution in [0, 0.1) is 23.7 Å². The quantitative estimate of drug-likeness (QED) is 0.819. The molecule has 0 aromatic carbocycles. The average molecular weight is 267 g/mol. The van der Waals surface area contributed by atoms with E-state index in [9.17, 15) is 5.11 Å². The van der Waals surface area contributed by atoms with E-state index >= 15 is 0 Å². The van der Waals surface area contributed by atoms with Gasteiger partial charge in [-0.2, -0.15) is 0 Å². The molecule has 0 spiro atoms. The normalized spacial score (nSPS) is 44.5. The first-order valence-corrected chi connectivity index (χ1v) is 8.43. The molecule has 1 saturated heterocycles. The molecule has 19 heavy (non-hydrogen) atoms. The number of rotatable bonds is 3. The molecule has 1 aliphatic carbocycles. The van der Waals surface area contributed by atoms with E-state index in [-0.39, 0.29) is 0 Å². The van der Waals surface area contributed by atoms with Crippen LogP contribution in [0.5, 0.6) is 0 Å². The van der Waals surface area contributed by atoms with Crippen LogP contribution in [0.25, 0.3) is 0 Å². The van der Waals surface area contributed by atoms with E-state index in [1.165, 1.54) is 32.1 Å². The summed E-state index contributed by atoms with van der Waals surface area (Å²) >= 11 is 0. The second kappa shape index (κ2) is 6.13. The van der Waals surface area contributed by atoms with Crippen molar-refractivity contribution in [3.8, 4) is 0 Å². The molecule has 0 amide bonds. The number of piperidine rings is 1. The Morgan fingerprint density at radius 1 is 1.26 bits per heavy atom. The summed E-state index contributed by atoms with van der Waals surface area (Å²) in [6.07, 6.45) is 7.19. The summed E-state index contributed by atoms with van der Waals surface area (Å²) in [7, 11) is 0. The Balaban J connectivity index is 2.15. The topological polar surface area (TPSA) is 32.3 Å². The molecule has 1 heterocycles. The molecule has 2 rings (SSSR count). The highest BCUT2D eigenvalue weighted by molar-refractivity contribution is 5.03. The first kappa shape index (κ1) is 15.3. The second-order valence-corrected chi connectivity index (χ2v) is 7.53. The fourth-order valence-electron chi connectivity index (χ4n) is 4.58. The van der Waals surface area contributed by atoms with Gasteiger partial charge in [0.05, 0.1) is 5.60 Å². The Labute approximate surface area is 119 Å². The molecule has 1 aliphatic heterocycles. The van der Waals surface area contributed by atoms with E-state index in [4.69, 9.17) is 0 Å². The second-order valence-electron chi connectivity index (χ2n) is 7.53. The van der Waals surface area contributed by atoms with E-state index in [0.29, 0.717) is 23.8 Å². The van der Waals surface area contributed by atoms with Crippen LogP contribution < -0.4 is 5.32 Å². The number of nitrogens with one attached hydrogen (secondary N) is 1. The standard InChI is InChI=1S/C17H33NO/c1-5-14-8-9-18-16(10-14)17(19)11-13(4)6-7-15(17)12(2)3/h12-16,18-19H,5-11H2,1-4H3. The highest BCUT2D eigenvalue weighted by atomic mass is 16.3. The first-order valence-electron chi connectivity index (χ1n) is 8.43. The van der Waals surface area contributed by atoms with Crippen LogP contribution in [0.1, 0.15) is 66.2 Å². The summed E-state index contributed by atoms with van der Waals surface area (Å²) < 4.78 is 0. The van der Waals surface area contributed by atoms with Crippen LogP contribution in [0.15, 0.2) is 0 Å². The van der Waals surface area contributed by atoms with E-state index in [2.05, 4.69) is 33.0 Å². The lowest BCUT2D eigenvalue weighted by Crippen LogP contribution is -2.61. The Morgan fingerprint density at radius 3 is 2.63 bits per heavy atom. The van der Waals surface area contributed by atoms with Gasteiger partial charge in [-0.3, -0.25) is 0 Å². The van der Waals surface area contributed by atoms with Gasteiger partial charge in [-0.05, 0) is 55.9 Å². The zero-order chi connectivity index (χ0) is 14.0. The Morgan fingerprint density at radius 2 is 2.00 bits per heavy atom. The van der Waals surface area contributed by atoms with Crippen molar-refractivity contribution < 1.29 is 5.11 Å². The van der Waals surface area contributed by atoms with Gasteiger partial charge in [-0.15, -0.1) is 0 Å². The molecule has 0 aromatic heterocycles. The summed E-state index contributed by atoms with van der Waals surface area (Å²) in [6.45, 7) is 10.3. The largest absolute Gasteiger partial charge is 0.388 e. The third kappa shape index (κ3) is 3.16. The molecule has 0 aromatic rings. The van der Waals surface area contributed by atoms with E-state index < -0.39 is 5.60 Å². The maximum Gasteiger partial charge on any atom is 0.0833 e. The lowest BCUT2D eigenvalue weighted by Gasteiger charge is -2.51. The molecule has 2 nitrogen and oxygen atoms in total. The molecule has 2 heteroatoms. The highest BCUT2D eigenvalue weighted by Gasteiger charge is 2.48. The molecular weight excluding hydrogens is 234 g/mol. The summed E-state index contributed by atoms with van der Waals surface area (Å²) in [5.74, 6) is 2.53. The average Bonchev–Trinajstić information content (AvgIpc) is 2.38. The summed E-state index contributed by atoms with van der Waals surface area (Å²) in [5.41, 5.74) is -0.473. The van der Waals surface area contributed by atoms with Crippen molar-refractivity contribution in [1.29, 1.82) is 0 Å². The van der Waals surface area contributed by atoms with Gasteiger partial charge in [0.1, 0.15) is 0 Å². The lowest BCUT2D eigenvalue weighted by molar-refractivity contribution is -0.114. The van der Waals surface area contributed by atoms with Crippen molar-refractivity contribution in [3.05, 3.63) is 0 Å². The van der Waals surface area contributed by atoms with Crippen molar-refractivity contribution in [3.63, 3.8) is 0 Å². The predicted molar refractivity (Wildman–Crippen MR) is 81.1 cm³/mol. The Kier molecular flexibility index (Phi) is 4.94. The maximum absolute atomic E-state index is 11.4. The van der Waals surface area contributed by atoms with Crippen LogP contribution in [0.4, 0.5) is 0 Å². The van der Waals surface area contributed by atoms with E-state index in [0.717, 1.165) is 18.9 Å². The van der Waals surface area contributed by atoms with Gasteiger partial charge < -0.3 is 10.4 Å². The van der Waals surface area contributed by atoms with Crippen molar-refractivity contribution in [2.45, 2.75) is 77.9 Å². The van der Waals surface area contributed by atoms with E-state index in [1.54, 1.807) is 0 Å². The number of hydrogen-bond acceptors (Lipinski definition) is 2. The Hall–Kier alpha value is -0.0800. The molecule has 5 atom stereocenters. The maximum atomic E-state index is 11.4. The van der Waals surface area contributed by atoms with Gasteiger partial charge >= 0.3 is 0 Å². The highest BCUT2D eigenvalue weighted by Crippen LogP contribution is 2.45. The van der Waals surface area contributed by atoms with Crippen molar-refractivity contribution in [2.24, 2.45) is 23.7 Å². The van der Waals surface area contributed by atoms with E-state index in [1.807, 2.05) is 0 Å². The zero-order valence-electron chi connectivity index (χ0n) is 13.3. The lowest BCUT2D eigenvalue weighted by atomic mass is 9.62. The van der Waals surface area contributed by atoms with Gasteiger partial charge in [0.2, 0.25) is 0 Å². The zero-order valence-corrected chi connectivity index (χ0v) is 13.3. The molecule has 112 valence electrons. The Bertz CT molecular complexity index is 291. The SMILES string of the molecule is CCC1CCNC(C2(O)CC(C)CCC2C(C)C)C1. The van der Waals surface area contributed by atoms with Crippen LogP contribution >= 0.6 is 0 Å². The molecule has 5 unspecified atom stereocenters. The first-order chi connectivity index (χ1) is 8.97. The van der Waals surface area contributed by atoms with Gasteiger partial charge in [0.25, 0.3) is 0 Å². The van der Waals surface area contributed by atoms with Crippen molar-refractivity contribution >= 4 is 0 Å². The minimum Gasteiger partial charge on any atom is -0.388 e. The van der Waals surface area contributed by atoms with Gasteiger partial charge in [-0.25, -0.2) is 0 Å². The van der Waals surface area contributed by atoms with Crippen molar-refractivity contribution in [1.82, 2.24) is 5.32 Å². The fourth-order valence-corrected chi connectivity index (χ4v) is 4.58. The number of hydrogen-bond donors (Lipinski definition) is 2. The van der Waals surface area contributed by atoms with Crippen molar-refractivity contribution in [2.75, 3.05) is 6.54 Å². The van der Waals surface area contributed by atoms with Gasteiger partial charge in [0.15, 0.2) is 0 Å². The third-order valence-electron chi connectivity index (χ3n) is 5.79. The van der Waals surface area contributed by atoms with Gasteiger partial charge in [-0.1, -0.05) is 40.5 Å². The smallest absolute Gasteiger partial charge is 0.0833 e.